The second kappa shape index (κ2) is 3.28. The van der Waals surface area contributed by atoms with Gasteiger partial charge < -0.3 is 4.74 Å². The summed E-state index contributed by atoms with van der Waals surface area (Å²) in [5, 5.41) is 0. The second-order valence-corrected chi connectivity index (χ2v) is 9.71. The number of esters is 1. The van der Waals surface area contributed by atoms with Gasteiger partial charge in [0.25, 0.3) is 0 Å². The van der Waals surface area contributed by atoms with E-state index in [1.54, 1.807) is 0 Å². The average Bonchev–Trinajstić information content (AvgIpc) is 2.06. The molecule has 0 amide bonds. The van der Waals surface area contributed by atoms with Gasteiger partial charge in [0.15, 0.2) is 0 Å². The minimum Gasteiger partial charge on any atom is -0.459 e. The summed E-state index contributed by atoms with van der Waals surface area (Å²) in [7, 11) is 0. The molecule has 2 unspecified atom stereocenters. The molecular formula is C18H28O2. The van der Waals surface area contributed by atoms with Gasteiger partial charge in [-0.15, -0.1) is 0 Å². The van der Waals surface area contributed by atoms with Crippen LogP contribution in [0.15, 0.2) is 0 Å². The normalized spacial score (nSPS) is 47.8. The molecule has 0 saturated heterocycles. The lowest BCUT2D eigenvalue weighted by Gasteiger charge is -2.93. The molecule has 2 nitrogen and oxygen atoms in total. The molecule has 0 heterocycles. The highest BCUT2D eigenvalue weighted by atomic mass is 16.6. The van der Waals surface area contributed by atoms with E-state index in [1.165, 1.54) is 25.7 Å². The second-order valence-electron chi connectivity index (χ2n) is 9.71. The topological polar surface area (TPSA) is 26.3 Å². The van der Waals surface area contributed by atoms with Crippen LogP contribution in [0, 0.1) is 34.0 Å². The molecule has 0 aliphatic heterocycles. The van der Waals surface area contributed by atoms with Crippen LogP contribution in [0.5, 0.6) is 0 Å². The van der Waals surface area contributed by atoms with Gasteiger partial charge in [0.2, 0.25) is 0 Å². The summed E-state index contributed by atoms with van der Waals surface area (Å²) in [6.45, 7) is 10.7. The molecule has 2 atom stereocenters. The zero-order chi connectivity index (χ0) is 14.6. The highest BCUT2D eigenvalue weighted by molar-refractivity contribution is 5.71. The molecule has 1 spiro atoms. The van der Waals surface area contributed by atoms with Crippen molar-refractivity contribution < 1.29 is 9.53 Å². The third-order valence-electron chi connectivity index (χ3n) is 7.38. The Morgan fingerprint density at radius 2 is 1.60 bits per heavy atom. The van der Waals surface area contributed by atoms with Gasteiger partial charge in [-0.25, -0.2) is 0 Å². The Balaban J connectivity index is 1.50. The lowest BCUT2D eigenvalue weighted by Crippen LogP contribution is -2.89. The average molecular weight is 276 g/mol. The summed E-state index contributed by atoms with van der Waals surface area (Å²) in [5.74, 6) is 2.91. The lowest BCUT2D eigenvalue weighted by atomic mass is 9.11. The summed E-state index contributed by atoms with van der Waals surface area (Å²) in [5.41, 5.74) is 0.715. The van der Waals surface area contributed by atoms with Gasteiger partial charge in [0, 0.05) is 5.41 Å². The molecule has 112 valence electrons. The molecule has 0 N–H and O–H groups in total. The summed E-state index contributed by atoms with van der Waals surface area (Å²) in [4.78, 5) is 12.3. The molecule has 0 aromatic carbocycles. The zero-order valence-electron chi connectivity index (χ0n) is 13.6. The fourth-order valence-corrected chi connectivity index (χ4v) is 6.80. The number of ether oxygens (including phenoxy) is 1. The van der Waals surface area contributed by atoms with E-state index < -0.39 is 0 Å². The van der Waals surface area contributed by atoms with Crippen molar-refractivity contribution >= 4 is 5.97 Å². The fraction of sp³-hybridized carbons (Fsp3) is 0.944. The van der Waals surface area contributed by atoms with Gasteiger partial charge >= 0.3 is 5.97 Å². The van der Waals surface area contributed by atoms with Crippen molar-refractivity contribution in [3.63, 3.8) is 0 Å². The number of hydrogen-bond donors (Lipinski definition) is 0. The monoisotopic (exact) mass is 276 g/mol. The molecule has 4 saturated carbocycles. The van der Waals surface area contributed by atoms with Crippen LogP contribution in [0.3, 0.4) is 0 Å². The van der Waals surface area contributed by atoms with E-state index >= 15 is 0 Å². The molecule has 20 heavy (non-hydrogen) atoms. The largest absolute Gasteiger partial charge is 0.459 e. The predicted octanol–water partition coefficient (Wildman–Crippen LogP) is 4.18. The number of hydrogen-bond acceptors (Lipinski definition) is 2. The third kappa shape index (κ3) is 1.18. The maximum absolute atomic E-state index is 12.3. The van der Waals surface area contributed by atoms with E-state index in [-0.39, 0.29) is 17.0 Å². The summed E-state index contributed by atoms with van der Waals surface area (Å²) >= 11 is 0. The van der Waals surface area contributed by atoms with Gasteiger partial charge in [-0.1, -0.05) is 20.8 Å². The lowest BCUT2D eigenvalue weighted by molar-refractivity contribution is -0.465. The molecular weight excluding hydrogens is 248 g/mol. The Labute approximate surface area is 122 Å². The summed E-state index contributed by atoms with van der Waals surface area (Å²) < 4.78 is 6.02. The molecule has 4 aliphatic rings. The Kier molecular flexibility index (Phi) is 2.16. The molecule has 4 rings (SSSR count). The minimum atomic E-state index is -0.262. The molecule has 0 aromatic heterocycles. The van der Waals surface area contributed by atoms with Crippen LogP contribution in [0.2, 0.25) is 0 Å². The van der Waals surface area contributed by atoms with E-state index in [1.807, 2.05) is 0 Å². The highest BCUT2D eigenvalue weighted by Gasteiger charge is 2.90. The first-order valence-electron chi connectivity index (χ1n) is 8.34. The van der Waals surface area contributed by atoms with Crippen molar-refractivity contribution in [1.82, 2.24) is 0 Å². The van der Waals surface area contributed by atoms with Gasteiger partial charge in [0.05, 0.1) is 6.42 Å². The molecule has 0 bridgehead atoms. The Hall–Kier alpha value is -0.530. The molecule has 4 fully saturated rings. The van der Waals surface area contributed by atoms with Crippen molar-refractivity contribution in [1.29, 1.82) is 0 Å². The molecule has 2 heteroatoms. The first kappa shape index (κ1) is 13.2. The molecule has 0 aromatic rings. The Morgan fingerprint density at radius 1 is 1.05 bits per heavy atom. The van der Waals surface area contributed by atoms with Gasteiger partial charge in [-0.3, -0.25) is 4.79 Å². The van der Waals surface area contributed by atoms with E-state index in [9.17, 15) is 4.79 Å². The van der Waals surface area contributed by atoms with Crippen LogP contribution in [-0.4, -0.2) is 11.6 Å². The fourth-order valence-electron chi connectivity index (χ4n) is 6.80. The van der Waals surface area contributed by atoms with Gasteiger partial charge in [-0.2, -0.15) is 0 Å². The Morgan fingerprint density at radius 3 is 2.00 bits per heavy atom. The smallest absolute Gasteiger partial charge is 0.306 e. The van der Waals surface area contributed by atoms with Crippen molar-refractivity contribution in [2.75, 3.05) is 0 Å². The van der Waals surface area contributed by atoms with Crippen LogP contribution in [0.25, 0.3) is 0 Å². The van der Waals surface area contributed by atoms with Crippen molar-refractivity contribution in [3.8, 4) is 0 Å². The highest BCUT2D eigenvalue weighted by Crippen LogP contribution is 2.94. The van der Waals surface area contributed by atoms with E-state index in [0.717, 1.165) is 17.8 Å². The van der Waals surface area contributed by atoms with Crippen LogP contribution >= 0.6 is 0 Å². The molecule has 0 radical (unpaired) electrons. The maximum Gasteiger partial charge on any atom is 0.306 e. The number of rotatable bonds is 3. The summed E-state index contributed by atoms with van der Waals surface area (Å²) in [6, 6.07) is 0. The van der Waals surface area contributed by atoms with Crippen LogP contribution in [-0.2, 0) is 9.53 Å². The predicted molar refractivity (Wildman–Crippen MR) is 78.0 cm³/mol. The maximum atomic E-state index is 12.3. The SMILES string of the molecule is CC(C)(C)CC(=O)OC(C)(C)C12CC3CC4CC(C1)C432. The molecule has 4 aliphatic carbocycles. The zero-order valence-corrected chi connectivity index (χ0v) is 13.6. The van der Waals surface area contributed by atoms with Crippen LogP contribution < -0.4 is 0 Å². The van der Waals surface area contributed by atoms with Crippen LogP contribution in [0.1, 0.15) is 66.7 Å². The quantitative estimate of drug-likeness (QED) is 0.723. The standard InChI is InChI=1S/C18H28O2/c1-15(2,3)10-14(19)20-16(4,5)17-8-12-6-11-7-13(9-17)18(11,12)17/h11-13H,6-10H2,1-5H3. The van der Waals surface area contributed by atoms with Crippen molar-refractivity contribution in [3.05, 3.63) is 0 Å². The minimum absolute atomic E-state index is 0.00429. The van der Waals surface area contributed by atoms with Crippen molar-refractivity contribution in [2.24, 2.45) is 34.0 Å². The summed E-state index contributed by atoms with van der Waals surface area (Å²) in [6.07, 6.45) is 6.08. The van der Waals surface area contributed by atoms with E-state index in [0.29, 0.717) is 17.3 Å². The van der Waals surface area contributed by atoms with Crippen LogP contribution in [0.4, 0.5) is 0 Å². The van der Waals surface area contributed by atoms with Gasteiger partial charge in [0.1, 0.15) is 5.60 Å². The van der Waals surface area contributed by atoms with E-state index in [4.69, 9.17) is 4.74 Å². The first-order valence-corrected chi connectivity index (χ1v) is 8.34. The van der Waals surface area contributed by atoms with Crippen molar-refractivity contribution in [2.45, 2.75) is 72.3 Å². The number of carbonyl (C=O) groups is 1. The first-order chi connectivity index (χ1) is 9.12. The third-order valence-corrected chi connectivity index (χ3v) is 7.38. The van der Waals surface area contributed by atoms with Gasteiger partial charge in [-0.05, 0) is 68.1 Å². The number of carbonyl (C=O) groups excluding carboxylic acids is 1. The Bertz CT molecular complexity index is 457. The van der Waals surface area contributed by atoms with E-state index in [2.05, 4.69) is 34.6 Å².